The van der Waals surface area contributed by atoms with Crippen LogP contribution in [0.2, 0.25) is 5.02 Å². The molecule has 6 heteroatoms. The van der Waals surface area contributed by atoms with Gasteiger partial charge in [-0.25, -0.2) is 8.42 Å². The molecule has 0 saturated heterocycles. The van der Waals surface area contributed by atoms with Crippen molar-refractivity contribution < 1.29 is 8.42 Å². The first-order valence-corrected chi connectivity index (χ1v) is 6.66. The van der Waals surface area contributed by atoms with E-state index < -0.39 is 10.0 Å². The van der Waals surface area contributed by atoms with E-state index in [2.05, 4.69) is 4.72 Å². The van der Waals surface area contributed by atoms with Gasteiger partial charge in [-0.3, -0.25) is 4.72 Å². The maximum atomic E-state index is 10.9. The van der Waals surface area contributed by atoms with Crippen LogP contribution >= 0.6 is 34.2 Å². The summed E-state index contributed by atoms with van der Waals surface area (Å²) in [5, 5.41) is 0.506. The first kappa shape index (κ1) is 11.1. The second-order valence-electron chi connectivity index (χ2n) is 2.50. The molecule has 1 rings (SSSR count). The number of sulfonamides is 1. The fraction of sp³-hybridized carbons (Fsp3) is 0.143. The van der Waals surface area contributed by atoms with Crippen LogP contribution in [0.15, 0.2) is 18.2 Å². The van der Waals surface area contributed by atoms with Crippen molar-refractivity contribution in [2.75, 3.05) is 11.0 Å². The predicted molar refractivity (Wildman–Crippen MR) is 62.6 cm³/mol. The third kappa shape index (κ3) is 3.70. The lowest BCUT2D eigenvalue weighted by atomic mass is 10.3. The Kier molecular flexibility index (Phi) is 3.42. The molecule has 0 heterocycles. The van der Waals surface area contributed by atoms with Gasteiger partial charge in [0.2, 0.25) is 10.0 Å². The number of nitrogens with one attached hydrogen (secondary N) is 1. The monoisotopic (exact) mass is 331 g/mol. The molecule has 1 aromatic carbocycles. The summed E-state index contributed by atoms with van der Waals surface area (Å²) >= 11 is 7.74. The Bertz CT molecular complexity index is 419. The summed E-state index contributed by atoms with van der Waals surface area (Å²) in [6, 6.07) is 5.03. The summed E-state index contributed by atoms with van der Waals surface area (Å²) in [4.78, 5) is 0. The van der Waals surface area contributed by atoms with Gasteiger partial charge in [0.05, 0.1) is 11.9 Å². The number of anilines is 1. The fourth-order valence-electron chi connectivity index (χ4n) is 0.775. The zero-order valence-corrected chi connectivity index (χ0v) is 10.4. The second kappa shape index (κ2) is 4.02. The summed E-state index contributed by atoms with van der Waals surface area (Å²) in [6.45, 7) is 0. The van der Waals surface area contributed by atoms with Crippen molar-refractivity contribution in [2.24, 2.45) is 0 Å². The first-order chi connectivity index (χ1) is 5.88. The van der Waals surface area contributed by atoms with Crippen molar-refractivity contribution in [3.8, 4) is 0 Å². The highest BCUT2D eigenvalue weighted by Gasteiger charge is 2.05. The number of hydrogen-bond acceptors (Lipinski definition) is 2. The molecule has 0 aliphatic carbocycles. The van der Waals surface area contributed by atoms with Gasteiger partial charge in [0.1, 0.15) is 0 Å². The molecule has 72 valence electrons. The SMILES string of the molecule is CS(=O)(=O)Nc1cc(Cl)ccc1I. The molecule has 1 aromatic rings. The van der Waals surface area contributed by atoms with Gasteiger partial charge in [-0.05, 0) is 40.8 Å². The third-order valence-electron chi connectivity index (χ3n) is 1.22. The van der Waals surface area contributed by atoms with Gasteiger partial charge in [-0.2, -0.15) is 0 Å². The van der Waals surface area contributed by atoms with Crippen LogP contribution in [0.4, 0.5) is 5.69 Å². The van der Waals surface area contributed by atoms with Gasteiger partial charge in [-0.15, -0.1) is 0 Å². The van der Waals surface area contributed by atoms with E-state index in [9.17, 15) is 8.42 Å². The highest BCUT2D eigenvalue weighted by Crippen LogP contribution is 2.23. The van der Waals surface area contributed by atoms with Crippen molar-refractivity contribution in [1.29, 1.82) is 0 Å². The van der Waals surface area contributed by atoms with Crippen LogP contribution < -0.4 is 4.72 Å². The van der Waals surface area contributed by atoms with E-state index in [-0.39, 0.29) is 0 Å². The summed E-state index contributed by atoms with van der Waals surface area (Å²) in [6.07, 6.45) is 1.10. The quantitative estimate of drug-likeness (QED) is 0.845. The van der Waals surface area contributed by atoms with Crippen LogP contribution in [0.5, 0.6) is 0 Å². The van der Waals surface area contributed by atoms with Crippen molar-refractivity contribution >= 4 is 49.9 Å². The second-order valence-corrected chi connectivity index (χ2v) is 5.85. The molecule has 3 nitrogen and oxygen atoms in total. The van der Waals surface area contributed by atoms with Crippen LogP contribution in [0.1, 0.15) is 0 Å². The van der Waals surface area contributed by atoms with E-state index in [0.717, 1.165) is 9.83 Å². The van der Waals surface area contributed by atoms with Crippen LogP contribution in [0.3, 0.4) is 0 Å². The van der Waals surface area contributed by atoms with Gasteiger partial charge in [0, 0.05) is 8.59 Å². The van der Waals surface area contributed by atoms with Gasteiger partial charge in [0.15, 0.2) is 0 Å². The predicted octanol–water partition coefficient (Wildman–Crippen LogP) is 2.32. The molecule has 0 fully saturated rings. The molecule has 0 saturated carbocycles. The minimum absolute atomic E-state index is 0.506. The number of benzene rings is 1. The van der Waals surface area contributed by atoms with E-state index in [1.807, 2.05) is 22.6 Å². The maximum absolute atomic E-state index is 10.9. The molecule has 13 heavy (non-hydrogen) atoms. The smallest absolute Gasteiger partial charge is 0.229 e. The largest absolute Gasteiger partial charge is 0.283 e. The van der Waals surface area contributed by atoms with Crippen molar-refractivity contribution in [3.63, 3.8) is 0 Å². The Morgan fingerprint density at radius 1 is 1.46 bits per heavy atom. The van der Waals surface area contributed by atoms with E-state index in [1.165, 1.54) is 0 Å². The van der Waals surface area contributed by atoms with E-state index in [4.69, 9.17) is 11.6 Å². The zero-order chi connectivity index (χ0) is 10.1. The van der Waals surface area contributed by atoms with Gasteiger partial charge < -0.3 is 0 Å². The maximum Gasteiger partial charge on any atom is 0.229 e. The average molecular weight is 332 g/mol. The van der Waals surface area contributed by atoms with Crippen molar-refractivity contribution in [2.45, 2.75) is 0 Å². The summed E-state index contributed by atoms with van der Waals surface area (Å²) in [7, 11) is -3.23. The average Bonchev–Trinajstić information content (AvgIpc) is 1.94. The van der Waals surface area contributed by atoms with E-state index >= 15 is 0 Å². The first-order valence-electron chi connectivity index (χ1n) is 3.31. The Morgan fingerprint density at radius 3 is 2.62 bits per heavy atom. The van der Waals surface area contributed by atoms with E-state index in [1.54, 1.807) is 18.2 Å². The van der Waals surface area contributed by atoms with Crippen LogP contribution in [0.25, 0.3) is 0 Å². The summed E-state index contributed by atoms with van der Waals surface area (Å²) in [5.41, 5.74) is 0.510. The van der Waals surface area contributed by atoms with E-state index in [0.29, 0.717) is 10.7 Å². The lowest BCUT2D eigenvalue weighted by Crippen LogP contribution is -2.10. The molecule has 0 radical (unpaired) electrons. The molecule has 0 unspecified atom stereocenters. The highest BCUT2D eigenvalue weighted by molar-refractivity contribution is 14.1. The van der Waals surface area contributed by atoms with Crippen molar-refractivity contribution in [3.05, 3.63) is 26.8 Å². The summed E-state index contributed by atoms with van der Waals surface area (Å²) in [5.74, 6) is 0. The highest BCUT2D eigenvalue weighted by atomic mass is 127. The third-order valence-corrected chi connectivity index (χ3v) is 2.99. The molecule has 0 aromatic heterocycles. The minimum atomic E-state index is -3.23. The number of halogens is 2. The molecule has 0 aliphatic heterocycles. The Balaban J connectivity index is 3.08. The Labute approximate surface area is 95.7 Å². The Hall–Kier alpha value is -0.0100. The van der Waals surface area contributed by atoms with Gasteiger partial charge in [0.25, 0.3) is 0 Å². The molecular weight excluding hydrogens is 325 g/mol. The van der Waals surface area contributed by atoms with Gasteiger partial charge in [-0.1, -0.05) is 11.6 Å². The topological polar surface area (TPSA) is 46.2 Å². The molecule has 0 bridgehead atoms. The standard InChI is InChI=1S/C7H7ClINO2S/c1-13(11,12)10-7-4-5(8)2-3-6(7)9/h2-4,10H,1H3. The van der Waals surface area contributed by atoms with Crippen molar-refractivity contribution in [1.82, 2.24) is 0 Å². The van der Waals surface area contributed by atoms with Crippen LogP contribution in [0, 0.1) is 3.57 Å². The number of rotatable bonds is 2. The number of hydrogen-bond donors (Lipinski definition) is 1. The van der Waals surface area contributed by atoms with Gasteiger partial charge >= 0.3 is 0 Å². The molecule has 0 aliphatic rings. The Morgan fingerprint density at radius 2 is 2.08 bits per heavy atom. The summed E-state index contributed by atoms with van der Waals surface area (Å²) < 4.78 is 25.0. The lowest BCUT2D eigenvalue weighted by molar-refractivity contribution is 0.607. The molecule has 0 amide bonds. The minimum Gasteiger partial charge on any atom is -0.283 e. The zero-order valence-electron chi connectivity index (χ0n) is 6.71. The fourth-order valence-corrected chi connectivity index (χ4v) is 2.17. The molecule has 0 atom stereocenters. The van der Waals surface area contributed by atoms with Crippen LogP contribution in [-0.2, 0) is 10.0 Å². The normalized spacial score (nSPS) is 11.3. The molecule has 1 N–H and O–H groups in total. The van der Waals surface area contributed by atoms with Crippen LogP contribution in [-0.4, -0.2) is 14.7 Å². The molecular formula is C7H7ClINO2S. The lowest BCUT2D eigenvalue weighted by Gasteiger charge is -2.05. The molecule has 0 spiro atoms.